The van der Waals surface area contributed by atoms with E-state index < -0.39 is 6.10 Å². The smallest absolute Gasteiger partial charge is 0.0770 e. The molecule has 2 nitrogen and oxygen atoms in total. The number of rotatable bonds is 9. The highest BCUT2D eigenvalue weighted by molar-refractivity contribution is 4.53. The Kier molecular flexibility index (Phi) is 9.94. The molecule has 0 bridgehead atoms. The van der Waals surface area contributed by atoms with E-state index in [-0.39, 0.29) is 6.61 Å². The molecule has 0 unspecified atom stereocenters. The Hall–Kier alpha value is -0.0800. The maximum absolute atomic E-state index is 9.05. The molecule has 0 spiro atoms. The van der Waals surface area contributed by atoms with Gasteiger partial charge in [0.2, 0.25) is 0 Å². The lowest BCUT2D eigenvalue weighted by molar-refractivity contribution is 0.0860. The van der Waals surface area contributed by atoms with Gasteiger partial charge in [0.15, 0.2) is 0 Å². The topological polar surface area (TPSA) is 40.5 Å². The SMILES string of the molecule is CCCCCCCCC[C@H](O)CO. The van der Waals surface area contributed by atoms with Gasteiger partial charge in [0.05, 0.1) is 12.7 Å². The molecule has 0 aromatic heterocycles. The molecule has 0 aliphatic heterocycles. The van der Waals surface area contributed by atoms with Gasteiger partial charge in [0.25, 0.3) is 0 Å². The van der Waals surface area contributed by atoms with Crippen LogP contribution < -0.4 is 0 Å². The first-order valence-corrected chi connectivity index (χ1v) is 5.60. The van der Waals surface area contributed by atoms with Gasteiger partial charge in [-0.2, -0.15) is 0 Å². The predicted octanol–water partition coefficient (Wildman–Crippen LogP) is 2.48. The second kappa shape index (κ2) is 10.0. The Labute approximate surface area is 82.0 Å². The molecule has 0 saturated carbocycles. The second-order valence-electron chi connectivity index (χ2n) is 3.75. The van der Waals surface area contributed by atoms with Gasteiger partial charge in [-0.1, -0.05) is 51.9 Å². The average molecular weight is 188 g/mol. The molecule has 13 heavy (non-hydrogen) atoms. The summed E-state index contributed by atoms with van der Waals surface area (Å²) in [4.78, 5) is 0. The third-order valence-corrected chi connectivity index (χ3v) is 2.35. The van der Waals surface area contributed by atoms with Crippen molar-refractivity contribution >= 4 is 0 Å². The molecule has 0 radical (unpaired) electrons. The minimum atomic E-state index is -0.490. The highest BCUT2D eigenvalue weighted by atomic mass is 16.3. The molecule has 0 amide bonds. The second-order valence-corrected chi connectivity index (χ2v) is 3.75. The lowest BCUT2D eigenvalue weighted by Gasteiger charge is -2.05. The van der Waals surface area contributed by atoms with E-state index in [4.69, 9.17) is 10.2 Å². The molecule has 0 saturated heterocycles. The van der Waals surface area contributed by atoms with Crippen molar-refractivity contribution in [2.45, 2.75) is 64.4 Å². The van der Waals surface area contributed by atoms with E-state index in [1.165, 1.54) is 38.5 Å². The summed E-state index contributed by atoms with van der Waals surface area (Å²) >= 11 is 0. The molecular weight excluding hydrogens is 164 g/mol. The van der Waals surface area contributed by atoms with Crippen LogP contribution in [0.1, 0.15) is 58.3 Å². The quantitative estimate of drug-likeness (QED) is 0.546. The van der Waals surface area contributed by atoms with Crippen molar-refractivity contribution in [3.63, 3.8) is 0 Å². The summed E-state index contributed by atoms with van der Waals surface area (Å²) in [6, 6.07) is 0. The van der Waals surface area contributed by atoms with Crippen molar-refractivity contribution < 1.29 is 10.2 Å². The van der Waals surface area contributed by atoms with Crippen LogP contribution in [0.4, 0.5) is 0 Å². The molecule has 0 aromatic carbocycles. The number of unbranched alkanes of at least 4 members (excludes halogenated alkanes) is 6. The summed E-state index contributed by atoms with van der Waals surface area (Å²) in [7, 11) is 0. The highest BCUT2D eigenvalue weighted by Gasteiger charge is 2.00. The van der Waals surface area contributed by atoms with Crippen LogP contribution in [0.15, 0.2) is 0 Å². The van der Waals surface area contributed by atoms with Crippen molar-refractivity contribution in [3.05, 3.63) is 0 Å². The third-order valence-electron chi connectivity index (χ3n) is 2.35. The van der Waals surface area contributed by atoms with Crippen LogP contribution in [-0.4, -0.2) is 22.9 Å². The standard InChI is InChI=1S/C11H24O2/c1-2-3-4-5-6-7-8-9-11(13)10-12/h11-13H,2-10H2,1H3/t11-/m0/s1. The maximum Gasteiger partial charge on any atom is 0.0770 e. The van der Waals surface area contributed by atoms with Gasteiger partial charge in [0, 0.05) is 0 Å². The fraction of sp³-hybridized carbons (Fsp3) is 1.00. The molecule has 80 valence electrons. The Balaban J connectivity index is 2.91. The van der Waals surface area contributed by atoms with Gasteiger partial charge in [-0.25, -0.2) is 0 Å². The molecule has 0 aliphatic carbocycles. The Bertz CT molecular complexity index is 94.1. The van der Waals surface area contributed by atoms with Gasteiger partial charge in [-0.3, -0.25) is 0 Å². The molecule has 2 heteroatoms. The Morgan fingerprint density at radius 1 is 0.923 bits per heavy atom. The largest absolute Gasteiger partial charge is 0.394 e. The first kappa shape index (κ1) is 12.9. The van der Waals surface area contributed by atoms with Crippen LogP contribution in [0.5, 0.6) is 0 Å². The minimum absolute atomic E-state index is 0.0875. The third kappa shape index (κ3) is 9.84. The minimum Gasteiger partial charge on any atom is -0.394 e. The van der Waals surface area contributed by atoms with Crippen LogP contribution in [0.2, 0.25) is 0 Å². The average Bonchev–Trinajstić information content (AvgIpc) is 2.16. The van der Waals surface area contributed by atoms with Crippen LogP contribution in [-0.2, 0) is 0 Å². The van der Waals surface area contributed by atoms with Crippen molar-refractivity contribution in [2.24, 2.45) is 0 Å². The van der Waals surface area contributed by atoms with Crippen molar-refractivity contribution in [1.29, 1.82) is 0 Å². The Morgan fingerprint density at radius 3 is 2.00 bits per heavy atom. The zero-order valence-corrected chi connectivity index (χ0v) is 8.84. The normalized spacial score (nSPS) is 13.2. The van der Waals surface area contributed by atoms with Gasteiger partial charge in [-0.05, 0) is 6.42 Å². The summed E-state index contributed by atoms with van der Waals surface area (Å²) in [6.45, 7) is 2.13. The van der Waals surface area contributed by atoms with Crippen LogP contribution >= 0.6 is 0 Å². The molecular formula is C11H24O2. The van der Waals surface area contributed by atoms with Crippen molar-refractivity contribution in [1.82, 2.24) is 0 Å². The lowest BCUT2D eigenvalue weighted by atomic mass is 10.1. The Morgan fingerprint density at radius 2 is 1.46 bits per heavy atom. The van der Waals surface area contributed by atoms with E-state index in [0.29, 0.717) is 0 Å². The number of aliphatic hydroxyl groups excluding tert-OH is 2. The van der Waals surface area contributed by atoms with E-state index in [0.717, 1.165) is 12.8 Å². The van der Waals surface area contributed by atoms with Gasteiger partial charge < -0.3 is 10.2 Å². The molecule has 1 atom stereocenters. The number of hydrogen-bond acceptors (Lipinski definition) is 2. The van der Waals surface area contributed by atoms with E-state index in [1.54, 1.807) is 0 Å². The van der Waals surface area contributed by atoms with E-state index in [2.05, 4.69) is 6.92 Å². The number of aliphatic hydroxyl groups is 2. The summed E-state index contributed by atoms with van der Waals surface area (Å²) < 4.78 is 0. The molecule has 0 aliphatic rings. The summed E-state index contributed by atoms with van der Waals surface area (Å²) in [6.07, 6.45) is 9.09. The zero-order valence-electron chi connectivity index (χ0n) is 8.84. The predicted molar refractivity (Wildman–Crippen MR) is 55.7 cm³/mol. The summed E-state index contributed by atoms with van der Waals surface area (Å²) in [5.41, 5.74) is 0. The maximum atomic E-state index is 9.05. The van der Waals surface area contributed by atoms with Gasteiger partial charge in [-0.15, -0.1) is 0 Å². The van der Waals surface area contributed by atoms with Gasteiger partial charge in [0.1, 0.15) is 0 Å². The molecule has 0 rings (SSSR count). The first-order chi connectivity index (χ1) is 6.31. The summed E-state index contributed by atoms with van der Waals surface area (Å²) in [5.74, 6) is 0. The van der Waals surface area contributed by atoms with Crippen molar-refractivity contribution in [2.75, 3.05) is 6.61 Å². The molecule has 0 heterocycles. The lowest BCUT2D eigenvalue weighted by Crippen LogP contribution is -2.10. The molecule has 0 fully saturated rings. The molecule has 2 N–H and O–H groups in total. The highest BCUT2D eigenvalue weighted by Crippen LogP contribution is 2.09. The fourth-order valence-electron chi connectivity index (χ4n) is 1.43. The number of hydrogen-bond donors (Lipinski definition) is 2. The fourth-order valence-corrected chi connectivity index (χ4v) is 1.43. The van der Waals surface area contributed by atoms with Crippen LogP contribution in [0.25, 0.3) is 0 Å². The molecule has 0 aromatic rings. The van der Waals surface area contributed by atoms with Crippen LogP contribution in [0.3, 0.4) is 0 Å². The first-order valence-electron chi connectivity index (χ1n) is 5.60. The monoisotopic (exact) mass is 188 g/mol. The van der Waals surface area contributed by atoms with Gasteiger partial charge >= 0.3 is 0 Å². The zero-order chi connectivity index (χ0) is 9.94. The van der Waals surface area contributed by atoms with E-state index in [1.807, 2.05) is 0 Å². The van der Waals surface area contributed by atoms with E-state index in [9.17, 15) is 0 Å². The van der Waals surface area contributed by atoms with E-state index >= 15 is 0 Å². The summed E-state index contributed by atoms with van der Waals surface area (Å²) in [5, 5.41) is 17.6. The van der Waals surface area contributed by atoms with Crippen LogP contribution in [0, 0.1) is 0 Å². The van der Waals surface area contributed by atoms with Crippen molar-refractivity contribution in [3.8, 4) is 0 Å².